The monoisotopic (exact) mass is 407 g/mol. The lowest BCUT2D eigenvalue weighted by molar-refractivity contribution is -0.114. The average Bonchev–Trinajstić information content (AvgIpc) is 2.74. The number of halogens is 1. The molecule has 0 saturated carbocycles. The molecular formula is C23H22ClN3O2. The fraction of sp³-hybridized carbons (Fsp3) is 0.130. The normalized spacial score (nSPS) is 10.3. The number of hydrogen-bond acceptors (Lipinski definition) is 3. The lowest BCUT2D eigenvalue weighted by Gasteiger charge is -2.11. The first-order valence-electron chi connectivity index (χ1n) is 9.23. The molecule has 6 heteroatoms. The van der Waals surface area contributed by atoms with Crippen LogP contribution in [0.5, 0.6) is 0 Å². The van der Waals surface area contributed by atoms with Gasteiger partial charge in [0.1, 0.15) is 0 Å². The van der Waals surface area contributed by atoms with E-state index in [0.717, 1.165) is 16.8 Å². The molecule has 5 nitrogen and oxygen atoms in total. The van der Waals surface area contributed by atoms with Crippen molar-refractivity contribution in [1.29, 1.82) is 0 Å². The summed E-state index contributed by atoms with van der Waals surface area (Å²) in [5, 5.41) is 9.37. The van der Waals surface area contributed by atoms with E-state index in [4.69, 9.17) is 11.6 Å². The second-order valence-electron chi connectivity index (χ2n) is 6.61. The van der Waals surface area contributed by atoms with Gasteiger partial charge < -0.3 is 16.0 Å². The van der Waals surface area contributed by atoms with Crippen molar-refractivity contribution >= 4 is 34.8 Å². The molecule has 0 atom stereocenters. The van der Waals surface area contributed by atoms with Crippen LogP contribution >= 0.6 is 11.6 Å². The zero-order valence-electron chi connectivity index (χ0n) is 16.0. The Morgan fingerprint density at radius 3 is 2.38 bits per heavy atom. The number of amides is 2. The van der Waals surface area contributed by atoms with Crippen LogP contribution in [0.2, 0.25) is 5.02 Å². The highest BCUT2D eigenvalue weighted by molar-refractivity contribution is 6.30. The number of anilines is 2. The molecule has 0 aliphatic rings. The van der Waals surface area contributed by atoms with Gasteiger partial charge in [0.15, 0.2) is 0 Å². The fourth-order valence-electron chi connectivity index (χ4n) is 2.75. The Kier molecular flexibility index (Phi) is 6.87. The van der Waals surface area contributed by atoms with E-state index >= 15 is 0 Å². The quantitative estimate of drug-likeness (QED) is 0.534. The van der Waals surface area contributed by atoms with Crippen molar-refractivity contribution in [2.45, 2.75) is 13.5 Å². The van der Waals surface area contributed by atoms with Gasteiger partial charge >= 0.3 is 0 Å². The van der Waals surface area contributed by atoms with Crippen molar-refractivity contribution in [2.24, 2.45) is 0 Å². The largest absolute Gasteiger partial charge is 0.376 e. The zero-order valence-corrected chi connectivity index (χ0v) is 16.8. The molecule has 0 heterocycles. The summed E-state index contributed by atoms with van der Waals surface area (Å²) in [6.45, 7) is 2.52. The van der Waals surface area contributed by atoms with Crippen molar-refractivity contribution in [1.82, 2.24) is 5.32 Å². The molecule has 148 valence electrons. The van der Waals surface area contributed by atoms with Crippen LogP contribution in [0.25, 0.3) is 0 Å². The van der Waals surface area contributed by atoms with Crippen LogP contribution in [0, 0.1) is 6.92 Å². The van der Waals surface area contributed by atoms with Gasteiger partial charge in [-0.15, -0.1) is 0 Å². The van der Waals surface area contributed by atoms with Gasteiger partial charge in [-0.3, -0.25) is 9.59 Å². The molecule has 3 N–H and O–H groups in total. The predicted octanol–water partition coefficient (Wildman–Crippen LogP) is 4.63. The number of benzene rings is 3. The van der Waals surface area contributed by atoms with Crippen LogP contribution in [0.1, 0.15) is 21.5 Å². The van der Waals surface area contributed by atoms with E-state index in [2.05, 4.69) is 16.0 Å². The molecular weight excluding hydrogens is 386 g/mol. The van der Waals surface area contributed by atoms with Crippen molar-refractivity contribution < 1.29 is 9.59 Å². The van der Waals surface area contributed by atoms with Crippen molar-refractivity contribution in [2.75, 3.05) is 17.2 Å². The topological polar surface area (TPSA) is 70.2 Å². The van der Waals surface area contributed by atoms with Gasteiger partial charge in [0, 0.05) is 28.5 Å². The summed E-state index contributed by atoms with van der Waals surface area (Å²) in [5.74, 6) is -0.351. The number of nitrogens with one attached hydrogen (secondary N) is 3. The highest BCUT2D eigenvalue weighted by atomic mass is 35.5. The minimum atomic E-state index is -0.189. The third-order valence-electron chi connectivity index (χ3n) is 4.37. The minimum absolute atomic E-state index is 0.112. The van der Waals surface area contributed by atoms with E-state index in [0.29, 0.717) is 22.8 Å². The van der Waals surface area contributed by atoms with Gasteiger partial charge in [-0.25, -0.2) is 0 Å². The predicted molar refractivity (Wildman–Crippen MR) is 117 cm³/mol. The van der Waals surface area contributed by atoms with Crippen LogP contribution in [-0.2, 0) is 11.3 Å². The first-order valence-corrected chi connectivity index (χ1v) is 9.61. The maximum atomic E-state index is 12.3. The van der Waals surface area contributed by atoms with Gasteiger partial charge in [-0.05, 0) is 54.4 Å². The first-order chi connectivity index (χ1) is 14.0. The molecule has 2 amide bonds. The highest BCUT2D eigenvalue weighted by Crippen LogP contribution is 2.20. The summed E-state index contributed by atoms with van der Waals surface area (Å²) in [5.41, 5.74) is 4.02. The second-order valence-corrected chi connectivity index (χ2v) is 7.04. The lowest BCUT2D eigenvalue weighted by atomic mass is 10.1. The smallest absolute Gasteiger partial charge is 0.251 e. The number of carbonyl (C=O) groups excluding carboxylic acids is 2. The van der Waals surface area contributed by atoms with Crippen LogP contribution in [0.3, 0.4) is 0 Å². The third kappa shape index (κ3) is 6.09. The van der Waals surface area contributed by atoms with Crippen LogP contribution in [0.15, 0.2) is 72.8 Å². The number of aryl methyl sites for hydroxylation is 1. The lowest BCUT2D eigenvalue weighted by Crippen LogP contribution is -2.23. The third-order valence-corrected chi connectivity index (χ3v) is 4.60. The SMILES string of the molecule is Cc1ccc(Cl)cc1NCC(=O)Nc1ccc(C(=O)NCc2ccccc2)cc1. The standard InChI is InChI=1S/C23H22ClN3O2/c1-16-7-10-19(24)13-21(16)25-15-22(28)27-20-11-8-18(9-12-20)23(29)26-14-17-5-3-2-4-6-17/h2-13,25H,14-15H2,1H3,(H,26,29)(H,27,28). The summed E-state index contributed by atoms with van der Waals surface area (Å²) in [6.07, 6.45) is 0. The summed E-state index contributed by atoms with van der Waals surface area (Å²) < 4.78 is 0. The summed E-state index contributed by atoms with van der Waals surface area (Å²) in [6, 6.07) is 22.0. The number of carbonyl (C=O) groups is 2. The summed E-state index contributed by atoms with van der Waals surface area (Å²) in [7, 11) is 0. The van der Waals surface area contributed by atoms with Gasteiger partial charge in [0.2, 0.25) is 5.91 Å². The van der Waals surface area contributed by atoms with Gasteiger partial charge in [0.25, 0.3) is 5.91 Å². The molecule has 0 spiro atoms. The minimum Gasteiger partial charge on any atom is -0.376 e. The van der Waals surface area contributed by atoms with E-state index < -0.39 is 0 Å². The molecule has 0 aliphatic carbocycles. The molecule has 3 aromatic carbocycles. The van der Waals surface area contributed by atoms with Gasteiger partial charge in [-0.2, -0.15) is 0 Å². The zero-order chi connectivity index (χ0) is 20.6. The van der Waals surface area contributed by atoms with Crippen LogP contribution in [-0.4, -0.2) is 18.4 Å². The van der Waals surface area contributed by atoms with Gasteiger partial charge in [-0.1, -0.05) is 48.0 Å². The Bertz CT molecular complexity index is 989. The van der Waals surface area contributed by atoms with Crippen molar-refractivity contribution in [3.63, 3.8) is 0 Å². The highest BCUT2D eigenvalue weighted by Gasteiger charge is 2.07. The molecule has 0 aliphatic heterocycles. The van der Waals surface area contributed by atoms with E-state index in [1.807, 2.05) is 43.3 Å². The number of rotatable bonds is 7. The van der Waals surface area contributed by atoms with Gasteiger partial charge in [0.05, 0.1) is 6.54 Å². The summed E-state index contributed by atoms with van der Waals surface area (Å²) >= 11 is 5.99. The molecule has 0 saturated heterocycles. The maximum Gasteiger partial charge on any atom is 0.251 e. The van der Waals surface area contributed by atoms with Crippen LogP contribution in [0.4, 0.5) is 11.4 Å². The fourth-order valence-corrected chi connectivity index (χ4v) is 2.92. The Labute approximate surface area is 175 Å². The average molecular weight is 408 g/mol. The Morgan fingerprint density at radius 1 is 0.931 bits per heavy atom. The second kappa shape index (κ2) is 9.75. The first kappa shape index (κ1) is 20.4. The molecule has 3 rings (SSSR count). The van der Waals surface area contributed by atoms with E-state index in [1.165, 1.54) is 0 Å². The molecule has 0 bridgehead atoms. The van der Waals surface area contributed by atoms with E-state index in [-0.39, 0.29) is 18.4 Å². The van der Waals surface area contributed by atoms with Crippen molar-refractivity contribution in [3.8, 4) is 0 Å². The van der Waals surface area contributed by atoms with E-state index in [9.17, 15) is 9.59 Å². The Balaban J connectivity index is 1.49. The Hall–Kier alpha value is -3.31. The van der Waals surface area contributed by atoms with Crippen molar-refractivity contribution in [3.05, 3.63) is 94.5 Å². The maximum absolute atomic E-state index is 12.3. The summed E-state index contributed by atoms with van der Waals surface area (Å²) in [4.78, 5) is 24.4. The van der Waals surface area contributed by atoms with Crippen LogP contribution < -0.4 is 16.0 Å². The molecule has 0 radical (unpaired) electrons. The Morgan fingerprint density at radius 2 is 1.66 bits per heavy atom. The number of hydrogen-bond donors (Lipinski definition) is 3. The molecule has 0 aromatic heterocycles. The molecule has 29 heavy (non-hydrogen) atoms. The molecule has 0 fully saturated rings. The molecule has 0 unspecified atom stereocenters. The molecule has 3 aromatic rings. The van der Waals surface area contributed by atoms with E-state index in [1.54, 1.807) is 36.4 Å².